The summed E-state index contributed by atoms with van der Waals surface area (Å²) in [6, 6.07) is 13.6. The number of hydrogen-bond donors (Lipinski definition) is 2. The molecule has 0 radical (unpaired) electrons. The molecule has 2 rings (SSSR count). The van der Waals surface area contributed by atoms with Gasteiger partial charge in [0.05, 0.1) is 6.04 Å². The van der Waals surface area contributed by atoms with Crippen LogP contribution in [0.15, 0.2) is 54.6 Å². The number of para-hydroxylation sites is 1. The molecule has 2 amide bonds. The zero-order valence-corrected chi connectivity index (χ0v) is 21.3. The van der Waals surface area contributed by atoms with Gasteiger partial charge >= 0.3 is 12.1 Å². The second-order valence-corrected chi connectivity index (χ2v) is 9.54. The van der Waals surface area contributed by atoms with Gasteiger partial charge in [0.15, 0.2) is 6.61 Å². The van der Waals surface area contributed by atoms with Crippen LogP contribution < -0.4 is 20.1 Å². The molecule has 0 saturated carbocycles. The Morgan fingerprint density at radius 1 is 0.917 bits per heavy atom. The number of aldehydes is 1. The van der Waals surface area contributed by atoms with Crippen molar-refractivity contribution in [1.29, 1.82) is 0 Å². The van der Waals surface area contributed by atoms with Gasteiger partial charge in [0.25, 0.3) is 0 Å². The van der Waals surface area contributed by atoms with Crippen molar-refractivity contribution in [3.63, 3.8) is 0 Å². The predicted molar refractivity (Wildman–Crippen MR) is 134 cm³/mol. The molecule has 2 aromatic carbocycles. The van der Waals surface area contributed by atoms with Gasteiger partial charge in [-0.2, -0.15) is 0 Å². The van der Waals surface area contributed by atoms with Crippen molar-refractivity contribution in [3.8, 4) is 11.5 Å². The van der Waals surface area contributed by atoms with Crippen LogP contribution in [0, 0.1) is 5.92 Å². The highest BCUT2D eigenvalue weighted by Gasteiger charge is 2.27. The van der Waals surface area contributed by atoms with Crippen molar-refractivity contribution in [2.24, 2.45) is 5.92 Å². The van der Waals surface area contributed by atoms with Gasteiger partial charge in [0.2, 0.25) is 5.91 Å². The third kappa shape index (κ3) is 10.2. The van der Waals surface area contributed by atoms with E-state index < -0.39 is 35.7 Å². The van der Waals surface area contributed by atoms with E-state index in [4.69, 9.17) is 14.2 Å². The topological polar surface area (TPSA) is 120 Å². The van der Waals surface area contributed by atoms with Crippen molar-refractivity contribution in [1.82, 2.24) is 10.6 Å². The fraction of sp³-hybridized carbons (Fsp3) is 0.407. The van der Waals surface area contributed by atoms with Crippen LogP contribution in [-0.2, 0) is 25.5 Å². The van der Waals surface area contributed by atoms with Crippen LogP contribution in [0.3, 0.4) is 0 Å². The van der Waals surface area contributed by atoms with Crippen LogP contribution in [-0.4, -0.2) is 48.5 Å². The summed E-state index contributed by atoms with van der Waals surface area (Å²) in [5.74, 6) is -0.401. The lowest BCUT2D eigenvalue weighted by atomic mass is 10.0. The smallest absolute Gasteiger partial charge is 0.413 e. The van der Waals surface area contributed by atoms with Crippen molar-refractivity contribution >= 4 is 24.3 Å². The summed E-state index contributed by atoms with van der Waals surface area (Å²) in [6.45, 7) is 8.66. The molecule has 194 valence electrons. The van der Waals surface area contributed by atoms with Crippen LogP contribution in [0.1, 0.15) is 40.2 Å². The first-order chi connectivity index (χ1) is 17.0. The molecule has 0 spiro atoms. The first-order valence-electron chi connectivity index (χ1n) is 11.7. The van der Waals surface area contributed by atoms with E-state index in [1.54, 1.807) is 89.2 Å². The molecule has 2 aromatic rings. The van der Waals surface area contributed by atoms with Gasteiger partial charge in [-0.25, -0.2) is 9.59 Å². The lowest BCUT2D eigenvalue weighted by Crippen LogP contribution is -2.53. The Labute approximate surface area is 211 Å². The second kappa shape index (κ2) is 13.3. The lowest BCUT2D eigenvalue weighted by molar-refractivity contribution is -0.157. The molecule has 0 aliphatic rings. The molecular formula is C27H34N2O7. The zero-order valence-electron chi connectivity index (χ0n) is 21.3. The van der Waals surface area contributed by atoms with E-state index in [0.29, 0.717) is 17.8 Å². The second-order valence-electron chi connectivity index (χ2n) is 9.54. The fourth-order valence-electron chi connectivity index (χ4n) is 3.18. The highest BCUT2D eigenvalue weighted by molar-refractivity contribution is 5.88. The number of rotatable bonds is 11. The standard InChI is InChI=1S/C27H34N2O7/c1-18(2)24(29-26(33)35-22-9-7-6-8-10-22)25(32)28-20(16-30)15-19-11-13-21(14-12-19)34-17-23(31)36-27(3,4)5/h6-14,16,18,20,24H,15,17H2,1-5H3,(H,28,32)(H,29,33)/t20?,24-/m0/s1. The van der Waals surface area contributed by atoms with E-state index >= 15 is 0 Å². The third-order valence-electron chi connectivity index (χ3n) is 4.82. The van der Waals surface area contributed by atoms with E-state index in [9.17, 15) is 19.2 Å². The number of hydrogen-bond acceptors (Lipinski definition) is 7. The zero-order chi connectivity index (χ0) is 26.7. The summed E-state index contributed by atoms with van der Waals surface area (Å²) < 4.78 is 15.8. The summed E-state index contributed by atoms with van der Waals surface area (Å²) >= 11 is 0. The van der Waals surface area contributed by atoms with Gasteiger partial charge in [-0.1, -0.05) is 44.2 Å². The van der Waals surface area contributed by atoms with Crippen molar-refractivity contribution in [2.45, 2.75) is 58.7 Å². The first-order valence-corrected chi connectivity index (χ1v) is 11.7. The van der Waals surface area contributed by atoms with E-state index in [1.165, 1.54) is 0 Å². The molecule has 9 nitrogen and oxygen atoms in total. The van der Waals surface area contributed by atoms with Gasteiger partial charge in [-0.15, -0.1) is 0 Å². The quantitative estimate of drug-likeness (QED) is 0.360. The number of amides is 2. The molecule has 0 bridgehead atoms. The number of ether oxygens (including phenoxy) is 3. The Bertz CT molecular complexity index is 1010. The Morgan fingerprint density at radius 2 is 1.56 bits per heavy atom. The molecule has 1 unspecified atom stereocenters. The van der Waals surface area contributed by atoms with Crippen LogP contribution in [0.4, 0.5) is 4.79 Å². The first kappa shape index (κ1) is 28.4. The molecule has 2 atom stereocenters. The molecule has 36 heavy (non-hydrogen) atoms. The monoisotopic (exact) mass is 498 g/mol. The molecule has 0 heterocycles. The van der Waals surface area contributed by atoms with Gasteiger partial charge < -0.3 is 29.6 Å². The molecule has 2 N–H and O–H groups in total. The Morgan fingerprint density at radius 3 is 2.11 bits per heavy atom. The highest BCUT2D eigenvalue weighted by atomic mass is 16.6. The molecular weight excluding hydrogens is 464 g/mol. The number of carbonyl (C=O) groups excluding carboxylic acids is 4. The van der Waals surface area contributed by atoms with E-state index in [1.807, 2.05) is 0 Å². The average Bonchev–Trinajstić information content (AvgIpc) is 2.81. The number of carbonyl (C=O) groups is 4. The highest BCUT2D eigenvalue weighted by Crippen LogP contribution is 2.15. The van der Waals surface area contributed by atoms with Gasteiger partial charge in [-0.3, -0.25) is 4.79 Å². The minimum Gasteiger partial charge on any atom is -0.482 e. The molecule has 0 aromatic heterocycles. The largest absolute Gasteiger partial charge is 0.482 e. The third-order valence-corrected chi connectivity index (χ3v) is 4.82. The summed E-state index contributed by atoms with van der Waals surface area (Å²) in [5.41, 5.74) is 0.180. The Kier molecular flexibility index (Phi) is 10.5. The number of benzene rings is 2. The number of nitrogens with one attached hydrogen (secondary N) is 2. The Hall–Kier alpha value is -3.88. The van der Waals surface area contributed by atoms with E-state index in [-0.39, 0.29) is 18.9 Å². The maximum atomic E-state index is 12.8. The van der Waals surface area contributed by atoms with E-state index in [2.05, 4.69) is 10.6 Å². The average molecular weight is 499 g/mol. The van der Waals surface area contributed by atoms with Crippen LogP contribution in [0.25, 0.3) is 0 Å². The molecule has 0 aliphatic heterocycles. The van der Waals surface area contributed by atoms with E-state index in [0.717, 1.165) is 5.56 Å². The summed E-state index contributed by atoms with van der Waals surface area (Å²) in [4.78, 5) is 48.5. The van der Waals surface area contributed by atoms with Crippen LogP contribution >= 0.6 is 0 Å². The molecule has 0 saturated heterocycles. The normalized spacial score (nSPS) is 12.7. The fourth-order valence-corrected chi connectivity index (χ4v) is 3.18. The minimum atomic E-state index is -0.896. The maximum absolute atomic E-state index is 12.8. The summed E-state index contributed by atoms with van der Waals surface area (Å²) in [6.07, 6.45) is 0.116. The molecule has 9 heteroatoms. The summed E-state index contributed by atoms with van der Waals surface area (Å²) in [7, 11) is 0. The molecule has 0 aliphatic carbocycles. The van der Waals surface area contributed by atoms with Gasteiger partial charge in [-0.05, 0) is 62.9 Å². The SMILES string of the molecule is CC(C)[C@H](NC(=O)Oc1ccccc1)C(=O)NC(C=O)Cc1ccc(OCC(=O)OC(C)(C)C)cc1. The molecule has 0 fully saturated rings. The van der Waals surface area contributed by atoms with Gasteiger partial charge in [0, 0.05) is 0 Å². The number of esters is 1. The van der Waals surface area contributed by atoms with Crippen molar-refractivity contribution < 1.29 is 33.4 Å². The van der Waals surface area contributed by atoms with Gasteiger partial charge in [0.1, 0.15) is 29.4 Å². The minimum absolute atomic E-state index is 0.222. The predicted octanol–water partition coefficient (Wildman–Crippen LogP) is 3.45. The van der Waals surface area contributed by atoms with Crippen molar-refractivity contribution in [2.75, 3.05) is 6.61 Å². The lowest BCUT2D eigenvalue weighted by Gasteiger charge is -2.23. The summed E-state index contributed by atoms with van der Waals surface area (Å²) in [5, 5.41) is 5.23. The Balaban J connectivity index is 1.90. The van der Waals surface area contributed by atoms with Crippen molar-refractivity contribution in [3.05, 3.63) is 60.2 Å². The maximum Gasteiger partial charge on any atom is 0.413 e. The van der Waals surface area contributed by atoms with Crippen LogP contribution in [0.2, 0.25) is 0 Å². The van der Waals surface area contributed by atoms with Crippen LogP contribution in [0.5, 0.6) is 11.5 Å².